The zero-order valence-electron chi connectivity index (χ0n) is 8.76. The first kappa shape index (κ1) is 11.7. The fraction of sp³-hybridized carbons (Fsp3) is 0. The highest BCUT2D eigenvalue weighted by Crippen LogP contribution is 2.28. The molecule has 0 unspecified atom stereocenters. The maximum atomic E-state index is 13.0. The van der Waals surface area contributed by atoms with E-state index in [1.807, 2.05) is 0 Å². The minimum Gasteiger partial charge on any atom is -0.478 e. The molecule has 0 amide bonds. The molecule has 0 atom stereocenters. The fourth-order valence-corrected chi connectivity index (χ4v) is 2.28. The van der Waals surface area contributed by atoms with Crippen molar-refractivity contribution >= 4 is 17.7 Å². The molecule has 0 aliphatic rings. The van der Waals surface area contributed by atoms with E-state index in [2.05, 4.69) is 0 Å². The molecular formula is C13H9FO2S. The smallest absolute Gasteiger partial charge is 0.335 e. The number of carboxylic acids is 1. The lowest BCUT2D eigenvalue weighted by atomic mass is 10.2. The summed E-state index contributed by atoms with van der Waals surface area (Å²) in [6.07, 6.45) is 0. The molecule has 0 spiro atoms. The molecule has 0 heterocycles. The van der Waals surface area contributed by atoms with E-state index < -0.39 is 5.97 Å². The summed E-state index contributed by atoms with van der Waals surface area (Å²) in [6, 6.07) is 12.7. The quantitative estimate of drug-likeness (QED) is 0.900. The van der Waals surface area contributed by atoms with Gasteiger partial charge in [-0.15, -0.1) is 0 Å². The maximum absolute atomic E-state index is 13.0. The van der Waals surface area contributed by atoms with Gasteiger partial charge in [0.15, 0.2) is 0 Å². The standard InChI is InChI=1S/C13H9FO2S/c14-10-4-2-6-12(8-10)17-11-5-1-3-9(7-11)13(15)16/h1-8H,(H,15,16). The second kappa shape index (κ2) is 5.01. The van der Waals surface area contributed by atoms with Gasteiger partial charge in [-0.3, -0.25) is 0 Å². The molecule has 1 N–H and O–H groups in total. The molecule has 0 radical (unpaired) electrons. The summed E-state index contributed by atoms with van der Waals surface area (Å²) in [5.74, 6) is -1.27. The van der Waals surface area contributed by atoms with Gasteiger partial charge in [0, 0.05) is 9.79 Å². The van der Waals surface area contributed by atoms with E-state index in [0.717, 1.165) is 9.79 Å². The Bertz CT molecular complexity index is 555. The van der Waals surface area contributed by atoms with Gasteiger partial charge in [0.05, 0.1) is 5.56 Å². The number of benzene rings is 2. The number of halogens is 1. The molecule has 2 nitrogen and oxygen atoms in total. The second-order valence-corrected chi connectivity index (χ2v) is 4.54. The molecular weight excluding hydrogens is 239 g/mol. The first-order chi connectivity index (χ1) is 8.15. The monoisotopic (exact) mass is 248 g/mol. The van der Waals surface area contributed by atoms with Gasteiger partial charge < -0.3 is 5.11 Å². The van der Waals surface area contributed by atoms with Gasteiger partial charge >= 0.3 is 5.97 Å². The zero-order valence-corrected chi connectivity index (χ0v) is 9.58. The molecule has 0 fully saturated rings. The Labute approximate surface area is 102 Å². The summed E-state index contributed by atoms with van der Waals surface area (Å²) in [5, 5.41) is 8.85. The van der Waals surface area contributed by atoms with Gasteiger partial charge in [-0.25, -0.2) is 9.18 Å². The van der Waals surface area contributed by atoms with Crippen LogP contribution in [0.3, 0.4) is 0 Å². The van der Waals surface area contributed by atoms with E-state index in [0.29, 0.717) is 0 Å². The molecule has 4 heteroatoms. The Balaban J connectivity index is 2.24. The van der Waals surface area contributed by atoms with Crippen LogP contribution in [0.15, 0.2) is 58.3 Å². The summed E-state index contributed by atoms with van der Waals surface area (Å²) >= 11 is 1.33. The molecule has 0 saturated heterocycles. The van der Waals surface area contributed by atoms with E-state index in [1.165, 1.54) is 30.0 Å². The van der Waals surface area contributed by atoms with Crippen molar-refractivity contribution in [1.29, 1.82) is 0 Å². The summed E-state index contributed by atoms with van der Waals surface area (Å²) < 4.78 is 13.0. The van der Waals surface area contributed by atoms with E-state index in [-0.39, 0.29) is 11.4 Å². The van der Waals surface area contributed by atoms with E-state index in [1.54, 1.807) is 30.3 Å². The van der Waals surface area contributed by atoms with Crippen LogP contribution in [0, 0.1) is 5.82 Å². The summed E-state index contributed by atoms with van der Waals surface area (Å²) in [4.78, 5) is 12.3. The Morgan fingerprint density at radius 3 is 2.35 bits per heavy atom. The van der Waals surface area contributed by atoms with Crippen molar-refractivity contribution in [1.82, 2.24) is 0 Å². The summed E-state index contributed by atoms with van der Waals surface area (Å²) in [7, 11) is 0. The highest BCUT2D eigenvalue weighted by atomic mass is 32.2. The first-order valence-corrected chi connectivity index (χ1v) is 5.73. The zero-order chi connectivity index (χ0) is 12.3. The van der Waals surface area contributed by atoms with Gasteiger partial charge in [0.1, 0.15) is 5.82 Å². The van der Waals surface area contributed by atoms with Gasteiger partial charge in [0.25, 0.3) is 0 Å². The lowest BCUT2D eigenvalue weighted by molar-refractivity contribution is 0.0696. The SMILES string of the molecule is O=C(O)c1cccc(Sc2cccc(F)c2)c1. The molecule has 0 aliphatic carbocycles. The molecule has 0 aromatic heterocycles. The Morgan fingerprint density at radius 2 is 1.71 bits per heavy atom. The number of aromatic carboxylic acids is 1. The fourth-order valence-electron chi connectivity index (χ4n) is 1.36. The van der Waals surface area contributed by atoms with Gasteiger partial charge in [-0.2, -0.15) is 0 Å². The average Bonchev–Trinajstić information content (AvgIpc) is 2.29. The third kappa shape index (κ3) is 3.07. The van der Waals surface area contributed by atoms with Crippen molar-refractivity contribution in [2.45, 2.75) is 9.79 Å². The molecule has 2 aromatic rings. The van der Waals surface area contributed by atoms with Crippen LogP contribution in [-0.4, -0.2) is 11.1 Å². The minimum absolute atomic E-state index is 0.228. The van der Waals surface area contributed by atoms with E-state index in [9.17, 15) is 9.18 Å². The van der Waals surface area contributed by atoms with Crippen LogP contribution in [-0.2, 0) is 0 Å². The van der Waals surface area contributed by atoms with E-state index >= 15 is 0 Å². The highest BCUT2D eigenvalue weighted by Gasteiger charge is 2.04. The van der Waals surface area contributed by atoms with Crippen LogP contribution in [0.4, 0.5) is 4.39 Å². The van der Waals surface area contributed by atoms with Crippen molar-refractivity contribution in [2.24, 2.45) is 0 Å². The van der Waals surface area contributed by atoms with Gasteiger partial charge in [-0.05, 0) is 36.4 Å². The molecule has 86 valence electrons. The van der Waals surface area contributed by atoms with Crippen molar-refractivity contribution in [2.75, 3.05) is 0 Å². The van der Waals surface area contributed by atoms with Crippen LogP contribution in [0.1, 0.15) is 10.4 Å². The number of hydrogen-bond donors (Lipinski definition) is 1. The van der Waals surface area contributed by atoms with Crippen LogP contribution in [0.25, 0.3) is 0 Å². The van der Waals surface area contributed by atoms with Crippen molar-refractivity contribution in [3.8, 4) is 0 Å². The molecule has 0 saturated carbocycles. The van der Waals surface area contributed by atoms with Crippen molar-refractivity contribution in [3.63, 3.8) is 0 Å². The molecule has 17 heavy (non-hydrogen) atoms. The lowest BCUT2D eigenvalue weighted by Crippen LogP contribution is -1.95. The maximum Gasteiger partial charge on any atom is 0.335 e. The van der Waals surface area contributed by atoms with Gasteiger partial charge in [-0.1, -0.05) is 23.9 Å². The average molecular weight is 248 g/mol. The minimum atomic E-state index is -0.966. The predicted molar refractivity (Wildman–Crippen MR) is 63.9 cm³/mol. The normalized spacial score (nSPS) is 10.2. The van der Waals surface area contributed by atoms with Crippen molar-refractivity contribution in [3.05, 3.63) is 59.9 Å². The van der Waals surface area contributed by atoms with Crippen LogP contribution in [0.5, 0.6) is 0 Å². The van der Waals surface area contributed by atoms with Crippen LogP contribution in [0.2, 0.25) is 0 Å². The summed E-state index contributed by atoms with van der Waals surface area (Å²) in [6.45, 7) is 0. The Hall–Kier alpha value is -1.81. The number of rotatable bonds is 3. The second-order valence-electron chi connectivity index (χ2n) is 3.39. The third-order valence-electron chi connectivity index (χ3n) is 2.11. The highest BCUT2D eigenvalue weighted by molar-refractivity contribution is 7.99. The molecule has 2 rings (SSSR count). The van der Waals surface area contributed by atoms with E-state index in [4.69, 9.17) is 5.11 Å². The lowest BCUT2D eigenvalue weighted by Gasteiger charge is -2.02. The molecule has 0 bridgehead atoms. The first-order valence-electron chi connectivity index (χ1n) is 4.92. The summed E-state index contributed by atoms with van der Waals surface area (Å²) in [5.41, 5.74) is 0.228. The Morgan fingerprint density at radius 1 is 1.06 bits per heavy atom. The largest absolute Gasteiger partial charge is 0.478 e. The number of hydrogen-bond acceptors (Lipinski definition) is 2. The number of carbonyl (C=O) groups is 1. The predicted octanol–water partition coefficient (Wildman–Crippen LogP) is 3.68. The van der Waals surface area contributed by atoms with Gasteiger partial charge in [0.2, 0.25) is 0 Å². The molecule has 0 aliphatic heterocycles. The Kier molecular flexibility index (Phi) is 3.44. The third-order valence-corrected chi connectivity index (χ3v) is 3.09. The topological polar surface area (TPSA) is 37.3 Å². The van der Waals surface area contributed by atoms with Crippen LogP contribution >= 0.6 is 11.8 Å². The molecule has 2 aromatic carbocycles. The van der Waals surface area contributed by atoms with Crippen LogP contribution < -0.4 is 0 Å². The van der Waals surface area contributed by atoms with Crippen molar-refractivity contribution < 1.29 is 14.3 Å². The number of carboxylic acid groups (broad SMARTS) is 1.